The molecule has 0 unspecified atom stereocenters. The Kier molecular flexibility index (Phi) is 5.92. The first-order chi connectivity index (χ1) is 23.3. The quantitative estimate of drug-likeness (QED) is 0.139. The molecule has 0 aliphatic carbocycles. The normalized spacial score (nSPS) is 11.8. The molecule has 0 saturated carbocycles. The number of hydrogen-bond donors (Lipinski definition) is 0. The molecule has 0 radical (unpaired) electrons. The van der Waals surface area contributed by atoms with Crippen molar-refractivity contribution in [3.8, 4) is 33.6 Å². The molecule has 0 spiro atoms. The Morgan fingerprint density at radius 3 is 1.70 bits per heavy atom. The predicted molar refractivity (Wildman–Crippen MR) is 200 cm³/mol. The van der Waals surface area contributed by atoms with Gasteiger partial charge in [-0.15, -0.1) is 0 Å². The maximum atomic E-state index is 5.35. The van der Waals surface area contributed by atoms with Crippen molar-refractivity contribution in [2.75, 3.05) is 0 Å². The van der Waals surface area contributed by atoms with Gasteiger partial charge >= 0.3 is 260 Å². The van der Waals surface area contributed by atoms with E-state index in [1.54, 1.807) is 0 Å². The van der Waals surface area contributed by atoms with Gasteiger partial charge in [0.1, 0.15) is 0 Å². The van der Waals surface area contributed by atoms with Crippen molar-refractivity contribution in [1.29, 1.82) is 0 Å². The van der Waals surface area contributed by atoms with E-state index in [1.807, 2.05) is 12.1 Å². The summed E-state index contributed by atoms with van der Waals surface area (Å²) in [4.78, 5) is 10.7. The number of nitrogens with zero attached hydrogens (tertiary/aromatic N) is 2. The van der Waals surface area contributed by atoms with E-state index in [4.69, 9.17) is 9.97 Å². The van der Waals surface area contributed by atoms with Crippen LogP contribution in [0.3, 0.4) is 0 Å². The Morgan fingerprint density at radius 2 is 0.915 bits per heavy atom. The maximum absolute atomic E-state index is 5.35. The van der Waals surface area contributed by atoms with E-state index in [0.717, 1.165) is 28.0 Å². The molecule has 0 bridgehead atoms. The molecule has 10 aromatic rings. The van der Waals surface area contributed by atoms with Crippen LogP contribution < -0.4 is 0 Å². The zero-order valence-corrected chi connectivity index (χ0v) is 27.0. The van der Waals surface area contributed by atoms with Crippen LogP contribution in [-0.2, 0) is 0 Å². The molecule has 2 aromatic heterocycles. The van der Waals surface area contributed by atoms with Gasteiger partial charge < -0.3 is 0 Å². The Labute approximate surface area is 277 Å². The number of aromatic nitrogens is 2. The van der Waals surface area contributed by atoms with E-state index >= 15 is 0 Å². The van der Waals surface area contributed by atoms with Crippen LogP contribution in [0.2, 0.25) is 0 Å². The standard InChI is InChI=1S/C44H26N2Se/c1-2-10-27(11-3-1)33-14-8-15-36-37-16-9-17-38(44(37)47-43(33)36)42-41(45-39-18-6-7-19-40(39)46-42)30-22-23-32-29(26-30)21-25-34-31-13-5-4-12-28(31)20-24-35(32)34/h1-26H. The van der Waals surface area contributed by atoms with Crippen LogP contribution in [0.5, 0.6) is 0 Å². The first kappa shape index (κ1) is 26.6. The SMILES string of the molecule is c1ccc(-c2cccc3c2[se]c2c(-c4nc5ccccc5nc4-c4ccc5c(ccc6c7ccccc7ccc56)c4)cccc23)cc1. The van der Waals surface area contributed by atoms with Crippen LogP contribution in [0.25, 0.3) is 96.3 Å². The van der Waals surface area contributed by atoms with Gasteiger partial charge in [-0.3, -0.25) is 0 Å². The Balaban J connectivity index is 1.22. The summed E-state index contributed by atoms with van der Waals surface area (Å²) >= 11 is 0.114. The van der Waals surface area contributed by atoms with Crippen molar-refractivity contribution in [1.82, 2.24) is 9.97 Å². The Bertz CT molecular complexity index is 2850. The van der Waals surface area contributed by atoms with Crippen LogP contribution >= 0.6 is 0 Å². The van der Waals surface area contributed by atoms with Gasteiger partial charge in [0.15, 0.2) is 0 Å². The molecule has 0 saturated heterocycles. The molecule has 2 heterocycles. The summed E-state index contributed by atoms with van der Waals surface area (Å²) in [5.74, 6) is 0. The zero-order valence-electron chi connectivity index (χ0n) is 25.3. The first-order valence-corrected chi connectivity index (χ1v) is 17.6. The number of benzene rings is 8. The van der Waals surface area contributed by atoms with Gasteiger partial charge in [-0.1, -0.05) is 18.2 Å². The van der Waals surface area contributed by atoms with E-state index in [-0.39, 0.29) is 14.5 Å². The number of para-hydroxylation sites is 2. The van der Waals surface area contributed by atoms with E-state index in [1.165, 1.54) is 68.3 Å². The van der Waals surface area contributed by atoms with Crippen molar-refractivity contribution >= 4 is 77.1 Å². The summed E-state index contributed by atoms with van der Waals surface area (Å²) in [6.45, 7) is 0. The van der Waals surface area contributed by atoms with Gasteiger partial charge in [0.05, 0.1) is 0 Å². The summed E-state index contributed by atoms with van der Waals surface area (Å²) in [5.41, 5.74) is 8.54. The summed E-state index contributed by atoms with van der Waals surface area (Å²) in [5, 5.41) is 10.2. The summed E-state index contributed by atoms with van der Waals surface area (Å²) < 4.78 is 2.82. The van der Waals surface area contributed by atoms with Gasteiger partial charge in [0, 0.05) is 0 Å². The number of fused-ring (bicyclic) bond motifs is 9. The molecule has 0 N–H and O–H groups in total. The molecule has 0 aliphatic rings. The molecule has 10 rings (SSSR count). The second kappa shape index (κ2) is 10.5. The minimum absolute atomic E-state index is 0.114. The van der Waals surface area contributed by atoms with Crippen molar-refractivity contribution in [3.63, 3.8) is 0 Å². The molecule has 0 aliphatic heterocycles. The third-order valence-electron chi connectivity index (χ3n) is 9.45. The molecule has 0 amide bonds. The van der Waals surface area contributed by atoms with Gasteiger partial charge in [0.25, 0.3) is 0 Å². The third-order valence-corrected chi connectivity index (χ3v) is 12.2. The van der Waals surface area contributed by atoms with E-state index in [2.05, 4.69) is 146 Å². The van der Waals surface area contributed by atoms with E-state index < -0.39 is 0 Å². The fourth-order valence-corrected chi connectivity index (χ4v) is 10.1. The van der Waals surface area contributed by atoms with Crippen LogP contribution in [0, 0.1) is 0 Å². The molecule has 218 valence electrons. The monoisotopic (exact) mass is 662 g/mol. The van der Waals surface area contributed by atoms with Gasteiger partial charge in [-0.05, 0) is 0 Å². The van der Waals surface area contributed by atoms with Crippen molar-refractivity contribution in [2.45, 2.75) is 0 Å². The van der Waals surface area contributed by atoms with Crippen LogP contribution in [0.4, 0.5) is 0 Å². The Morgan fingerprint density at radius 1 is 0.340 bits per heavy atom. The number of hydrogen-bond acceptors (Lipinski definition) is 2. The molecule has 47 heavy (non-hydrogen) atoms. The third kappa shape index (κ3) is 4.18. The van der Waals surface area contributed by atoms with Crippen molar-refractivity contribution < 1.29 is 0 Å². The predicted octanol–water partition coefficient (Wildman–Crippen LogP) is 11.5. The van der Waals surface area contributed by atoms with Gasteiger partial charge in [0.2, 0.25) is 0 Å². The summed E-state index contributed by atoms with van der Waals surface area (Å²) in [7, 11) is 0. The van der Waals surface area contributed by atoms with Crippen molar-refractivity contribution in [3.05, 3.63) is 158 Å². The van der Waals surface area contributed by atoms with Gasteiger partial charge in [-0.2, -0.15) is 0 Å². The fourth-order valence-electron chi connectivity index (χ4n) is 7.22. The average molecular weight is 662 g/mol. The van der Waals surface area contributed by atoms with Crippen molar-refractivity contribution in [2.24, 2.45) is 0 Å². The first-order valence-electron chi connectivity index (χ1n) is 15.9. The van der Waals surface area contributed by atoms with Crippen LogP contribution in [-0.4, -0.2) is 24.5 Å². The summed E-state index contributed by atoms with van der Waals surface area (Å²) in [6.07, 6.45) is 0. The molecule has 8 aromatic carbocycles. The fraction of sp³-hybridized carbons (Fsp3) is 0. The Hall–Kier alpha value is -5.60. The topological polar surface area (TPSA) is 25.8 Å². The second-order valence-corrected chi connectivity index (χ2v) is 14.3. The molecule has 2 nitrogen and oxygen atoms in total. The van der Waals surface area contributed by atoms with E-state index in [9.17, 15) is 0 Å². The second-order valence-electron chi connectivity index (χ2n) is 12.1. The van der Waals surface area contributed by atoms with Gasteiger partial charge in [-0.25, -0.2) is 0 Å². The number of rotatable bonds is 3. The molecule has 3 heteroatoms. The molecular weight excluding hydrogens is 635 g/mol. The summed E-state index contributed by atoms with van der Waals surface area (Å²) in [6, 6.07) is 56.9. The average Bonchev–Trinajstić information content (AvgIpc) is 3.53. The van der Waals surface area contributed by atoms with E-state index in [0.29, 0.717) is 0 Å². The molecule has 0 fully saturated rings. The van der Waals surface area contributed by atoms with Crippen LogP contribution in [0.15, 0.2) is 158 Å². The van der Waals surface area contributed by atoms with Crippen LogP contribution in [0.1, 0.15) is 0 Å². The zero-order chi connectivity index (χ0) is 30.9. The molecule has 0 atom stereocenters. The minimum atomic E-state index is 0.114. The molecular formula is C44H26N2Se.